The van der Waals surface area contributed by atoms with Crippen LogP contribution in [0, 0.1) is 0 Å². The molecule has 1 N–H and O–H groups in total. The van der Waals surface area contributed by atoms with Crippen LogP contribution >= 0.6 is 0 Å². The highest BCUT2D eigenvalue weighted by Crippen LogP contribution is 2.37. The van der Waals surface area contributed by atoms with Crippen molar-refractivity contribution in [2.45, 2.75) is 59.4 Å². The molecule has 0 spiro atoms. The van der Waals surface area contributed by atoms with Crippen LogP contribution in [0.4, 0.5) is 5.69 Å². The maximum absolute atomic E-state index is 4.29. The van der Waals surface area contributed by atoms with E-state index >= 15 is 0 Å². The number of hydrogen-bond donors (Lipinski definition) is 1. The van der Waals surface area contributed by atoms with E-state index in [4.69, 9.17) is 0 Å². The Balaban J connectivity index is 1.36. The predicted molar refractivity (Wildman–Crippen MR) is 226 cm³/mol. The number of nitrogens with one attached hydrogen (secondary N) is 1. The van der Waals surface area contributed by atoms with Gasteiger partial charge in [0.1, 0.15) is 0 Å². The number of hydrogen-bond acceptors (Lipinski definition) is 1. The topological polar surface area (TPSA) is 17.0 Å². The van der Waals surface area contributed by atoms with Crippen LogP contribution in [0.1, 0.15) is 53.5 Å². The highest BCUT2D eigenvalue weighted by Gasteiger charge is 2.18. The molecule has 0 fully saturated rings. The van der Waals surface area contributed by atoms with Gasteiger partial charge < -0.3 is 9.88 Å². The van der Waals surface area contributed by atoms with Crippen LogP contribution in [0.3, 0.4) is 0 Å². The molecule has 0 aliphatic rings. The average Bonchev–Trinajstić information content (AvgIpc) is 3.44. The zero-order valence-corrected chi connectivity index (χ0v) is 31.2. The largest absolute Gasteiger partial charge is 0.379 e. The zero-order valence-electron chi connectivity index (χ0n) is 31.2. The Hall–Kier alpha value is -5.60. The first-order valence-corrected chi connectivity index (χ1v) is 17.9. The molecule has 0 bridgehead atoms. The molecule has 2 nitrogen and oxygen atoms in total. The van der Waals surface area contributed by atoms with Crippen LogP contribution in [0.2, 0.25) is 0 Å². The zero-order chi connectivity index (χ0) is 36.5. The first kappa shape index (κ1) is 36.7. The second kappa shape index (κ2) is 16.4. The first-order chi connectivity index (χ1) is 24.5. The van der Waals surface area contributed by atoms with Crippen LogP contribution in [-0.2, 0) is 5.41 Å². The van der Waals surface area contributed by atoms with Crippen molar-refractivity contribution < 1.29 is 0 Å². The van der Waals surface area contributed by atoms with Crippen LogP contribution in [0.25, 0.3) is 38.6 Å². The Morgan fingerprint density at radius 3 is 1.98 bits per heavy atom. The predicted octanol–water partition coefficient (Wildman–Crippen LogP) is 13.8. The lowest BCUT2D eigenvalue weighted by atomic mass is 9.86. The smallest absolute Gasteiger partial charge is 0.0541 e. The minimum absolute atomic E-state index is 0.0653. The van der Waals surface area contributed by atoms with Crippen molar-refractivity contribution in [3.8, 4) is 16.8 Å². The third kappa shape index (κ3) is 8.96. The molecular weight excluding hydrogens is 617 g/mol. The molecule has 1 unspecified atom stereocenters. The highest BCUT2D eigenvalue weighted by molar-refractivity contribution is 6.10. The van der Waals surface area contributed by atoms with Gasteiger partial charge in [-0.25, -0.2) is 0 Å². The molecule has 5 rings (SSSR count). The van der Waals surface area contributed by atoms with Crippen molar-refractivity contribution in [1.82, 2.24) is 4.57 Å². The lowest BCUT2D eigenvalue weighted by molar-refractivity contribution is 0.591. The summed E-state index contributed by atoms with van der Waals surface area (Å²) in [5, 5.41) is 6.19. The van der Waals surface area contributed by atoms with E-state index in [1.54, 1.807) is 0 Å². The first-order valence-electron chi connectivity index (χ1n) is 17.9. The molecular formula is C49H52N2. The van der Waals surface area contributed by atoms with Gasteiger partial charge in [0.15, 0.2) is 0 Å². The molecule has 258 valence electrons. The van der Waals surface area contributed by atoms with Gasteiger partial charge in [-0.1, -0.05) is 138 Å². The fourth-order valence-electron chi connectivity index (χ4n) is 6.27. The fraction of sp³-hybridized carbons (Fsp3) is 0.184. The van der Waals surface area contributed by atoms with Gasteiger partial charge in [-0.2, -0.15) is 0 Å². The minimum Gasteiger partial charge on any atom is -0.379 e. The van der Waals surface area contributed by atoms with Crippen LogP contribution in [0.5, 0.6) is 0 Å². The summed E-state index contributed by atoms with van der Waals surface area (Å²) in [5.41, 5.74) is 12.4. The minimum atomic E-state index is 0.0653. The quantitative estimate of drug-likeness (QED) is 0.124. The van der Waals surface area contributed by atoms with E-state index in [1.165, 1.54) is 44.2 Å². The Labute approximate surface area is 305 Å². The monoisotopic (exact) mass is 668 g/mol. The number of fused-ring (bicyclic) bond motifs is 3. The normalized spacial score (nSPS) is 13.3. The van der Waals surface area contributed by atoms with E-state index < -0.39 is 0 Å². The molecule has 0 aliphatic heterocycles. The van der Waals surface area contributed by atoms with Crippen molar-refractivity contribution >= 4 is 27.5 Å². The number of benzene rings is 4. The standard InChI is InChI=1S/C49H52N2/c1-10-17-35(3)36(4)19-15-16-20-39(37(5)18-11-2)24-23-38(6)50-43-29-25-40(26-30-43)41-27-31-47-45(33-41)46-34-42(49(7,8)9)28-32-48(46)51(47)44-21-13-12-14-22-44/h10-15,17-34,38,50H,3-5,16H2,1-2,6-9H3/b17-10-,18-11-,19-15-,24-23-,39-20+. The lowest BCUT2D eigenvalue weighted by Crippen LogP contribution is -2.11. The van der Waals surface area contributed by atoms with Crippen molar-refractivity contribution in [1.29, 1.82) is 0 Å². The van der Waals surface area contributed by atoms with Gasteiger partial charge in [0, 0.05) is 28.2 Å². The van der Waals surface area contributed by atoms with Gasteiger partial charge in [0.25, 0.3) is 0 Å². The third-order valence-electron chi connectivity index (χ3n) is 9.13. The van der Waals surface area contributed by atoms with Gasteiger partial charge in [-0.15, -0.1) is 0 Å². The molecule has 0 saturated heterocycles. The third-order valence-corrected chi connectivity index (χ3v) is 9.13. The van der Waals surface area contributed by atoms with Crippen molar-refractivity contribution in [3.63, 3.8) is 0 Å². The summed E-state index contributed by atoms with van der Waals surface area (Å²) in [6.07, 6.45) is 19.5. The van der Waals surface area contributed by atoms with Gasteiger partial charge in [0.2, 0.25) is 0 Å². The van der Waals surface area contributed by atoms with Gasteiger partial charge >= 0.3 is 0 Å². The maximum atomic E-state index is 4.29. The fourth-order valence-corrected chi connectivity index (χ4v) is 6.27. The summed E-state index contributed by atoms with van der Waals surface area (Å²) in [5.74, 6) is 0. The second-order valence-electron chi connectivity index (χ2n) is 14.1. The molecule has 0 amide bonds. The summed E-state index contributed by atoms with van der Waals surface area (Å²) in [7, 11) is 0. The maximum Gasteiger partial charge on any atom is 0.0541 e. The van der Waals surface area contributed by atoms with E-state index in [9.17, 15) is 0 Å². The number of para-hydroxylation sites is 1. The SMILES string of the molecule is C=C(/C=C\C)C(=C)/C=C\C/C=C(\C=C/C(C)Nc1ccc(-c2ccc3c(c2)c2cc(C(C)(C)C)ccc2n3-c2ccccc2)cc1)C(=C)/C=C\C. The molecule has 1 aromatic heterocycles. The van der Waals surface area contributed by atoms with Crippen molar-refractivity contribution in [2.24, 2.45) is 0 Å². The summed E-state index contributed by atoms with van der Waals surface area (Å²) < 4.78 is 2.38. The van der Waals surface area contributed by atoms with Crippen LogP contribution in [0.15, 0.2) is 188 Å². The summed E-state index contributed by atoms with van der Waals surface area (Å²) >= 11 is 0. The Morgan fingerprint density at radius 1 is 0.706 bits per heavy atom. The molecule has 51 heavy (non-hydrogen) atoms. The second-order valence-corrected chi connectivity index (χ2v) is 14.1. The van der Waals surface area contributed by atoms with E-state index in [-0.39, 0.29) is 11.5 Å². The van der Waals surface area contributed by atoms with E-state index in [1.807, 2.05) is 44.2 Å². The van der Waals surface area contributed by atoms with Gasteiger partial charge in [-0.3, -0.25) is 0 Å². The summed E-state index contributed by atoms with van der Waals surface area (Å²) in [6.45, 7) is 25.5. The number of rotatable bonds is 13. The van der Waals surface area contributed by atoms with Crippen molar-refractivity contribution in [2.75, 3.05) is 5.32 Å². The Bertz CT molecular complexity index is 2190. The van der Waals surface area contributed by atoms with Crippen LogP contribution < -0.4 is 5.32 Å². The summed E-state index contributed by atoms with van der Waals surface area (Å²) in [6, 6.07) is 33.4. The molecule has 2 heteroatoms. The number of aromatic nitrogens is 1. The highest BCUT2D eigenvalue weighted by atomic mass is 15.0. The summed E-state index contributed by atoms with van der Waals surface area (Å²) in [4.78, 5) is 0. The molecule has 4 aromatic carbocycles. The number of nitrogens with zero attached hydrogens (tertiary/aromatic N) is 1. The number of anilines is 1. The molecule has 0 saturated carbocycles. The van der Waals surface area contributed by atoms with Gasteiger partial charge in [-0.05, 0) is 120 Å². The van der Waals surface area contributed by atoms with Crippen molar-refractivity contribution in [3.05, 3.63) is 193 Å². The van der Waals surface area contributed by atoms with E-state index in [2.05, 4.69) is 173 Å². The molecule has 0 radical (unpaired) electrons. The lowest BCUT2D eigenvalue weighted by Gasteiger charge is -2.19. The van der Waals surface area contributed by atoms with E-state index in [0.717, 1.165) is 34.4 Å². The average molecular weight is 669 g/mol. The molecule has 0 aliphatic carbocycles. The van der Waals surface area contributed by atoms with Crippen LogP contribution in [-0.4, -0.2) is 10.6 Å². The Morgan fingerprint density at radius 2 is 1.31 bits per heavy atom. The Kier molecular flexibility index (Phi) is 11.8. The molecule has 1 atom stereocenters. The molecule has 1 heterocycles. The van der Waals surface area contributed by atoms with E-state index in [0.29, 0.717) is 0 Å². The number of allylic oxidation sites excluding steroid dienone is 12. The van der Waals surface area contributed by atoms with Gasteiger partial charge in [0.05, 0.1) is 11.0 Å². The molecule has 5 aromatic rings.